The lowest BCUT2D eigenvalue weighted by Gasteiger charge is -2.39. The van der Waals surface area contributed by atoms with Gasteiger partial charge in [0, 0.05) is 32.9 Å². The quantitative estimate of drug-likeness (QED) is 0.905. The van der Waals surface area contributed by atoms with Crippen LogP contribution in [-0.2, 0) is 9.53 Å². The van der Waals surface area contributed by atoms with Gasteiger partial charge in [0.05, 0.1) is 5.60 Å². The van der Waals surface area contributed by atoms with Crippen molar-refractivity contribution >= 4 is 17.6 Å². The summed E-state index contributed by atoms with van der Waals surface area (Å²) in [6.45, 7) is 1.31. The van der Waals surface area contributed by atoms with E-state index in [4.69, 9.17) is 4.74 Å². The number of urea groups is 1. The van der Waals surface area contributed by atoms with Crippen LogP contribution in [0.25, 0.3) is 0 Å². The van der Waals surface area contributed by atoms with Crippen LogP contribution >= 0.6 is 0 Å². The Morgan fingerprint density at radius 2 is 1.83 bits per heavy atom. The summed E-state index contributed by atoms with van der Waals surface area (Å²) in [6, 6.07) is 9.39. The molecule has 1 unspecified atom stereocenters. The zero-order valence-corrected chi connectivity index (χ0v) is 14.3. The number of anilines is 1. The van der Waals surface area contributed by atoms with E-state index in [0.29, 0.717) is 13.1 Å². The highest BCUT2D eigenvalue weighted by atomic mass is 16.5. The van der Waals surface area contributed by atoms with Gasteiger partial charge in [-0.2, -0.15) is 0 Å². The fraction of sp³-hybridized carbons (Fsp3) is 0.556. The number of benzene rings is 1. The lowest BCUT2D eigenvalue weighted by atomic mass is 9.88. The first-order valence-electron chi connectivity index (χ1n) is 8.49. The molecule has 2 aliphatic rings. The zero-order valence-electron chi connectivity index (χ0n) is 14.3. The second kappa shape index (κ2) is 6.81. The van der Waals surface area contributed by atoms with Gasteiger partial charge in [0.1, 0.15) is 6.10 Å². The number of likely N-dealkylation sites (tertiary alicyclic amines) is 1. The minimum Gasteiger partial charge on any atom is -0.362 e. The Labute approximate surface area is 142 Å². The Morgan fingerprint density at radius 1 is 1.17 bits per heavy atom. The van der Waals surface area contributed by atoms with Crippen molar-refractivity contribution in [1.82, 2.24) is 9.80 Å². The molecule has 6 heteroatoms. The number of ether oxygens (including phenoxy) is 1. The van der Waals surface area contributed by atoms with Crippen molar-refractivity contribution in [3.8, 4) is 0 Å². The van der Waals surface area contributed by atoms with Crippen LogP contribution in [0.1, 0.15) is 25.7 Å². The van der Waals surface area contributed by atoms with Crippen LogP contribution in [0.5, 0.6) is 0 Å². The summed E-state index contributed by atoms with van der Waals surface area (Å²) in [5, 5.41) is 2.92. The number of nitrogens with zero attached hydrogens (tertiary/aromatic N) is 2. The molecule has 1 aromatic rings. The van der Waals surface area contributed by atoms with Crippen LogP contribution in [-0.4, -0.2) is 60.6 Å². The van der Waals surface area contributed by atoms with Crippen LogP contribution in [0.15, 0.2) is 30.3 Å². The Hall–Kier alpha value is -2.08. The SMILES string of the molecule is CN(C)C(=O)C1CCC2(CCN(C(=O)Nc3ccccc3)CC2)O1. The van der Waals surface area contributed by atoms with Gasteiger partial charge >= 0.3 is 6.03 Å². The molecule has 6 nitrogen and oxygen atoms in total. The predicted molar refractivity (Wildman–Crippen MR) is 91.8 cm³/mol. The third-order valence-electron chi connectivity index (χ3n) is 4.96. The molecule has 130 valence electrons. The largest absolute Gasteiger partial charge is 0.362 e. The number of rotatable bonds is 2. The van der Waals surface area contributed by atoms with Crippen molar-refractivity contribution in [2.75, 3.05) is 32.5 Å². The molecule has 2 saturated heterocycles. The van der Waals surface area contributed by atoms with E-state index in [2.05, 4.69) is 5.32 Å². The van der Waals surface area contributed by atoms with Crippen molar-refractivity contribution in [3.05, 3.63) is 30.3 Å². The summed E-state index contributed by atoms with van der Waals surface area (Å²) in [7, 11) is 3.51. The van der Waals surface area contributed by atoms with Crippen LogP contribution in [0.4, 0.5) is 10.5 Å². The monoisotopic (exact) mass is 331 g/mol. The highest BCUT2D eigenvalue weighted by Gasteiger charge is 2.45. The number of para-hydroxylation sites is 1. The Balaban J connectivity index is 1.53. The van der Waals surface area contributed by atoms with Gasteiger partial charge in [0.2, 0.25) is 0 Å². The van der Waals surface area contributed by atoms with Gasteiger partial charge in [0.25, 0.3) is 5.91 Å². The molecular weight excluding hydrogens is 306 g/mol. The summed E-state index contributed by atoms with van der Waals surface area (Å²) in [6.07, 6.45) is 2.90. The number of piperidine rings is 1. The average Bonchev–Trinajstić information content (AvgIpc) is 2.99. The van der Waals surface area contributed by atoms with Crippen molar-refractivity contribution < 1.29 is 14.3 Å². The Morgan fingerprint density at radius 3 is 2.46 bits per heavy atom. The second-order valence-corrected chi connectivity index (χ2v) is 6.84. The van der Waals surface area contributed by atoms with Crippen molar-refractivity contribution in [3.63, 3.8) is 0 Å². The lowest BCUT2D eigenvalue weighted by Crippen LogP contribution is -2.48. The molecule has 24 heavy (non-hydrogen) atoms. The van der Waals surface area contributed by atoms with E-state index in [9.17, 15) is 9.59 Å². The van der Waals surface area contributed by atoms with Gasteiger partial charge in [-0.3, -0.25) is 4.79 Å². The number of amides is 3. The normalized spacial score (nSPS) is 22.4. The van der Waals surface area contributed by atoms with Gasteiger partial charge in [-0.1, -0.05) is 18.2 Å². The molecule has 2 fully saturated rings. The van der Waals surface area contributed by atoms with Crippen molar-refractivity contribution in [2.45, 2.75) is 37.4 Å². The molecule has 1 N–H and O–H groups in total. The maximum Gasteiger partial charge on any atom is 0.321 e. The molecule has 0 aromatic heterocycles. The molecule has 1 spiro atoms. The first-order valence-corrected chi connectivity index (χ1v) is 8.49. The minimum absolute atomic E-state index is 0.0381. The molecule has 0 bridgehead atoms. The molecule has 1 atom stereocenters. The highest BCUT2D eigenvalue weighted by molar-refractivity contribution is 5.89. The summed E-state index contributed by atoms with van der Waals surface area (Å²) < 4.78 is 6.11. The maximum atomic E-state index is 12.3. The van der Waals surface area contributed by atoms with E-state index >= 15 is 0 Å². The van der Waals surface area contributed by atoms with E-state index in [-0.39, 0.29) is 23.6 Å². The number of likely N-dealkylation sites (N-methyl/N-ethyl adjacent to an activating group) is 1. The standard InChI is InChI=1S/C18H25N3O3/c1-20(2)16(22)15-8-9-18(24-15)10-12-21(13-11-18)17(23)19-14-6-4-3-5-7-14/h3-7,15H,8-13H2,1-2H3,(H,19,23). The predicted octanol–water partition coefficient (Wildman–Crippen LogP) is 2.32. The Bertz CT molecular complexity index is 595. The average molecular weight is 331 g/mol. The molecule has 2 aliphatic heterocycles. The molecule has 0 radical (unpaired) electrons. The van der Waals surface area contributed by atoms with Crippen LogP contribution in [0.2, 0.25) is 0 Å². The highest BCUT2D eigenvalue weighted by Crippen LogP contribution is 2.39. The molecule has 3 amide bonds. The molecule has 3 rings (SSSR count). The lowest BCUT2D eigenvalue weighted by molar-refractivity contribution is -0.148. The van der Waals surface area contributed by atoms with Crippen molar-refractivity contribution in [2.24, 2.45) is 0 Å². The number of carbonyl (C=O) groups is 2. The molecular formula is C18H25N3O3. The molecule has 1 aromatic carbocycles. The van der Waals surface area contributed by atoms with Crippen LogP contribution in [0, 0.1) is 0 Å². The summed E-state index contributed by atoms with van der Waals surface area (Å²) >= 11 is 0. The minimum atomic E-state index is -0.329. The third-order valence-corrected chi connectivity index (χ3v) is 4.96. The van der Waals surface area contributed by atoms with Gasteiger partial charge in [-0.05, 0) is 37.8 Å². The third kappa shape index (κ3) is 3.53. The van der Waals surface area contributed by atoms with E-state index in [1.54, 1.807) is 19.0 Å². The van der Waals surface area contributed by atoms with E-state index in [1.165, 1.54) is 0 Å². The van der Waals surface area contributed by atoms with E-state index < -0.39 is 0 Å². The fourth-order valence-electron chi connectivity index (χ4n) is 3.48. The maximum absolute atomic E-state index is 12.3. The Kier molecular flexibility index (Phi) is 4.76. The molecule has 2 heterocycles. The molecule has 0 saturated carbocycles. The summed E-state index contributed by atoms with van der Waals surface area (Å²) in [5.74, 6) is 0.0381. The first kappa shape index (κ1) is 16.8. The van der Waals surface area contributed by atoms with E-state index in [1.807, 2.05) is 35.2 Å². The first-order chi connectivity index (χ1) is 11.5. The summed E-state index contributed by atoms with van der Waals surface area (Å²) in [5.41, 5.74) is 0.566. The summed E-state index contributed by atoms with van der Waals surface area (Å²) in [4.78, 5) is 27.8. The van der Waals surface area contributed by atoms with Gasteiger partial charge in [-0.25, -0.2) is 4.79 Å². The fourth-order valence-corrected chi connectivity index (χ4v) is 3.48. The van der Waals surface area contributed by atoms with Gasteiger partial charge in [0.15, 0.2) is 0 Å². The zero-order chi connectivity index (χ0) is 17.2. The number of carbonyl (C=O) groups excluding carboxylic acids is 2. The van der Waals surface area contributed by atoms with Crippen LogP contribution < -0.4 is 5.32 Å². The van der Waals surface area contributed by atoms with Gasteiger partial charge < -0.3 is 19.9 Å². The van der Waals surface area contributed by atoms with Crippen molar-refractivity contribution in [1.29, 1.82) is 0 Å². The number of hydrogen-bond acceptors (Lipinski definition) is 3. The van der Waals surface area contributed by atoms with Crippen LogP contribution in [0.3, 0.4) is 0 Å². The van der Waals surface area contributed by atoms with E-state index in [0.717, 1.165) is 31.4 Å². The number of nitrogens with one attached hydrogen (secondary N) is 1. The van der Waals surface area contributed by atoms with Gasteiger partial charge in [-0.15, -0.1) is 0 Å². The molecule has 0 aliphatic carbocycles. The second-order valence-electron chi connectivity index (χ2n) is 6.84. The smallest absolute Gasteiger partial charge is 0.321 e. The topological polar surface area (TPSA) is 61.9 Å². The number of hydrogen-bond donors (Lipinski definition) is 1.